The second kappa shape index (κ2) is 13.5. The second-order valence-corrected chi connectivity index (χ2v) is 7.08. The first kappa shape index (κ1) is 20.8. The van der Waals surface area contributed by atoms with Crippen LogP contribution in [-0.4, -0.2) is 43.1 Å². The predicted octanol–water partition coefficient (Wildman–Crippen LogP) is 2.83. The molecule has 0 amide bonds. The molecule has 0 aromatic heterocycles. The van der Waals surface area contributed by atoms with Gasteiger partial charge in [-0.2, -0.15) is 0 Å². The van der Waals surface area contributed by atoms with Crippen molar-refractivity contribution in [3.05, 3.63) is 0 Å². The highest BCUT2D eigenvalue weighted by Gasteiger charge is 2.08. The Kier molecular flexibility index (Phi) is 13.4. The van der Waals surface area contributed by atoms with Crippen molar-refractivity contribution in [2.75, 3.05) is 19.0 Å². The van der Waals surface area contributed by atoms with Crippen molar-refractivity contribution in [2.45, 2.75) is 77.2 Å². The highest BCUT2D eigenvalue weighted by molar-refractivity contribution is 7.85. The molecule has 0 aromatic carbocycles. The van der Waals surface area contributed by atoms with Crippen molar-refractivity contribution in [2.24, 2.45) is 0 Å². The highest BCUT2D eigenvalue weighted by Crippen LogP contribution is 2.10. The number of hydrogen-bond donors (Lipinski definition) is 1. The SMILES string of the molecule is CCCCCCCCCCCCOCC(O)CS(=O)(=O)[O-]. The zero-order valence-electron chi connectivity index (χ0n) is 13.3. The molecule has 0 heterocycles. The van der Waals surface area contributed by atoms with Gasteiger partial charge in [0, 0.05) is 6.61 Å². The molecule has 0 bridgehead atoms. The van der Waals surface area contributed by atoms with Gasteiger partial charge in [0.05, 0.1) is 28.6 Å². The molecule has 128 valence electrons. The van der Waals surface area contributed by atoms with Gasteiger partial charge in [0.25, 0.3) is 0 Å². The summed E-state index contributed by atoms with van der Waals surface area (Å²) in [7, 11) is -4.37. The van der Waals surface area contributed by atoms with Gasteiger partial charge in [-0.1, -0.05) is 64.7 Å². The third-order valence-electron chi connectivity index (χ3n) is 3.35. The zero-order valence-corrected chi connectivity index (χ0v) is 14.1. The van der Waals surface area contributed by atoms with Gasteiger partial charge in [0.1, 0.15) is 0 Å². The van der Waals surface area contributed by atoms with E-state index in [4.69, 9.17) is 4.74 Å². The zero-order chi connectivity index (χ0) is 16.0. The van der Waals surface area contributed by atoms with Crippen LogP contribution in [-0.2, 0) is 14.9 Å². The molecular weight excluding hydrogens is 292 g/mol. The third kappa shape index (κ3) is 17.8. The van der Waals surface area contributed by atoms with Crippen molar-refractivity contribution in [1.82, 2.24) is 0 Å². The molecule has 1 atom stereocenters. The van der Waals surface area contributed by atoms with Crippen LogP contribution in [0.2, 0.25) is 0 Å². The van der Waals surface area contributed by atoms with Crippen molar-refractivity contribution < 1.29 is 22.8 Å². The summed E-state index contributed by atoms with van der Waals surface area (Å²) in [6.07, 6.45) is 11.2. The average molecular weight is 323 g/mol. The fourth-order valence-electron chi connectivity index (χ4n) is 2.19. The van der Waals surface area contributed by atoms with Gasteiger partial charge in [-0.25, -0.2) is 8.42 Å². The van der Waals surface area contributed by atoms with E-state index < -0.39 is 22.0 Å². The first-order valence-electron chi connectivity index (χ1n) is 8.15. The maximum atomic E-state index is 10.4. The Morgan fingerprint density at radius 3 is 1.90 bits per heavy atom. The molecular formula is C15H31O5S-. The first-order valence-corrected chi connectivity index (χ1v) is 9.73. The van der Waals surface area contributed by atoms with Crippen LogP contribution in [0.5, 0.6) is 0 Å². The minimum absolute atomic E-state index is 0.0844. The van der Waals surface area contributed by atoms with Crippen LogP contribution >= 0.6 is 0 Å². The van der Waals surface area contributed by atoms with Crippen molar-refractivity contribution >= 4 is 10.1 Å². The molecule has 0 fully saturated rings. The lowest BCUT2D eigenvalue weighted by atomic mass is 10.1. The summed E-state index contributed by atoms with van der Waals surface area (Å²) in [4.78, 5) is 0. The van der Waals surface area contributed by atoms with Gasteiger partial charge in [-0.3, -0.25) is 0 Å². The summed E-state index contributed by atoms with van der Waals surface area (Å²) in [6, 6.07) is 0. The van der Waals surface area contributed by atoms with Gasteiger partial charge < -0.3 is 14.4 Å². The van der Waals surface area contributed by atoms with E-state index in [-0.39, 0.29) is 6.61 Å². The highest BCUT2D eigenvalue weighted by atomic mass is 32.2. The van der Waals surface area contributed by atoms with Crippen LogP contribution in [0.3, 0.4) is 0 Å². The Morgan fingerprint density at radius 2 is 1.43 bits per heavy atom. The molecule has 0 aromatic rings. The van der Waals surface area contributed by atoms with Crippen LogP contribution in [0.4, 0.5) is 0 Å². The number of hydrogen-bond acceptors (Lipinski definition) is 5. The Balaban J connectivity index is 3.19. The summed E-state index contributed by atoms with van der Waals surface area (Å²) in [5, 5.41) is 9.24. The monoisotopic (exact) mass is 323 g/mol. The molecule has 1 unspecified atom stereocenters. The summed E-state index contributed by atoms with van der Waals surface area (Å²) in [5.41, 5.74) is 0. The Morgan fingerprint density at radius 1 is 0.952 bits per heavy atom. The van der Waals surface area contributed by atoms with E-state index in [1.54, 1.807) is 0 Å². The van der Waals surface area contributed by atoms with E-state index in [2.05, 4.69) is 6.92 Å². The van der Waals surface area contributed by atoms with Gasteiger partial charge in [0.15, 0.2) is 0 Å². The maximum Gasteiger partial charge on any atom is 0.0972 e. The molecule has 0 saturated carbocycles. The van der Waals surface area contributed by atoms with Crippen LogP contribution in [0.15, 0.2) is 0 Å². The smallest absolute Gasteiger partial charge is 0.0972 e. The summed E-state index contributed by atoms with van der Waals surface area (Å²) < 4.78 is 36.3. The van der Waals surface area contributed by atoms with Crippen LogP contribution in [0, 0.1) is 0 Å². The number of unbranched alkanes of at least 4 members (excludes halogenated alkanes) is 9. The lowest BCUT2D eigenvalue weighted by molar-refractivity contribution is 0.0452. The topological polar surface area (TPSA) is 86.7 Å². The molecule has 1 N–H and O–H groups in total. The van der Waals surface area contributed by atoms with E-state index in [9.17, 15) is 18.1 Å². The lowest BCUT2D eigenvalue weighted by Gasteiger charge is -2.13. The van der Waals surface area contributed by atoms with E-state index >= 15 is 0 Å². The van der Waals surface area contributed by atoms with E-state index in [0.29, 0.717) is 6.61 Å². The second-order valence-electron chi connectivity index (χ2n) is 5.64. The van der Waals surface area contributed by atoms with Gasteiger partial charge in [-0.05, 0) is 6.42 Å². The summed E-state index contributed by atoms with van der Waals surface area (Å²) in [6.45, 7) is 2.64. The molecule has 5 nitrogen and oxygen atoms in total. The van der Waals surface area contributed by atoms with E-state index in [1.807, 2.05) is 0 Å². The molecule has 0 spiro atoms. The van der Waals surface area contributed by atoms with Gasteiger partial charge in [-0.15, -0.1) is 0 Å². The molecule has 0 aliphatic heterocycles. The predicted molar refractivity (Wildman–Crippen MR) is 83.2 cm³/mol. The van der Waals surface area contributed by atoms with Gasteiger partial charge in [0.2, 0.25) is 0 Å². The van der Waals surface area contributed by atoms with E-state index in [1.165, 1.54) is 51.4 Å². The van der Waals surface area contributed by atoms with Crippen LogP contribution < -0.4 is 0 Å². The molecule has 0 aliphatic rings. The lowest BCUT2D eigenvalue weighted by Crippen LogP contribution is -2.25. The third-order valence-corrected chi connectivity index (χ3v) is 4.14. The summed E-state index contributed by atoms with van der Waals surface area (Å²) >= 11 is 0. The minimum atomic E-state index is -4.37. The number of aliphatic hydroxyl groups is 1. The molecule has 0 rings (SSSR count). The number of ether oxygens (including phenoxy) is 1. The average Bonchev–Trinajstić information content (AvgIpc) is 2.38. The number of aliphatic hydroxyl groups excluding tert-OH is 1. The largest absolute Gasteiger partial charge is 0.748 e. The molecule has 6 heteroatoms. The van der Waals surface area contributed by atoms with Crippen LogP contribution in [0.1, 0.15) is 71.1 Å². The first-order chi connectivity index (χ1) is 9.95. The standard InChI is InChI=1S/C15H32O5S/c1-2-3-4-5-6-7-8-9-10-11-12-20-13-15(16)14-21(17,18)19/h15-16H,2-14H2,1H3,(H,17,18,19)/p-1. The fourth-order valence-corrected chi connectivity index (χ4v) is 2.76. The Bertz CT molecular complexity index is 316. The molecule has 0 saturated heterocycles. The maximum absolute atomic E-state index is 10.4. The molecule has 21 heavy (non-hydrogen) atoms. The minimum Gasteiger partial charge on any atom is -0.748 e. The van der Waals surface area contributed by atoms with Crippen molar-refractivity contribution in [1.29, 1.82) is 0 Å². The normalized spacial score (nSPS) is 13.5. The van der Waals surface area contributed by atoms with Gasteiger partial charge >= 0.3 is 0 Å². The number of rotatable bonds is 15. The Hall–Kier alpha value is -0.170. The fraction of sp³-hybridized carbons (Fsp3) is 1.00. The quantitative estimate of drug-likeness (QED) is 0.370. The van der Waals surface area contributed by atoms with E-state index in [0.717, 1.165) is 12.8 Å². The van der Waals surface area contributed by atoms with Crippen LogP contribution in [0.25, 0.3) is 0 Å². The molecule has 0 aliphatic carbocycles. The molecule has 0 radical (unpaired) electrons. The van der Waals surface area contributed by atoms with Crippen molar-refractivity contribution in [3.63, 3.8) is 0 Å². The summed E-state index contributed by atoms with van der Waals surface area (Å²) in [5.74, 6) is -0.773. The van der Waals surface area contributed by atoms with Crippen molar-refractivity contribution in [3.8, 4) is 0 Å². The Labute approximate surface area is 129 Å².